The van der Waals surface area contributed by atoms with Crippen molar-refractivity contribution in [3.8, 4) is 17.4 Å². The van der Waals surface area contributed by atoms with Gasteiger partial charge in [0.2, 0.25) is 5.88 Å². The lowest BCUT2D eigenvalue weighted by molar-refractivity contribution is 0.415. The van der Waals surface area contributed by atoms with Gasteiger partial charge in [0.05, 0.1) is 7.11 Å². The Bertz CT molecular complexity index is 952. The van der Waals surface area contributed by atoms with Crippen molar-refractivity contribution in [1.82, 2.24) is 9.97 Å². The minimum Gasteiger partial charge on any atom is -0.497 e. The van der Waals surface area contributed by atoms with Crippen molar-refractivity contribution in [3.05, 3.63) is 60.4 Å². The highest BCUT2D eigenvalue weighted by atomic mass is 16.5. The molecule has 7 nitrogen and oxygen atoms in total. The van der Waals surface area contributed by atoms with Crippen molar-refractivity contribution in [2.45, 2.75) is 6.92 Å². The molecule has 0 aliphatic carbocycles. The van der Waals surface area contributed by atoms with Gasteiger partial charge < -0.3 is 25.0 Å². The lowest BCUT2D eigenvalue weighted by Gasteiger charge is -2.37. The number of aromatic nitrogens is 2. The van der Waals surface area contributed by atoms with Crippen molar-refractivity contribution in [2.75, 3.05) is 48.8 Å². The molecule has 0 radical (unpaired) electrons. The monoisotopic (exact) mass is 391 g/mol. The van der Waals surface area contributed by atoms with Crippen LogP contribution >= 0.6 is 0 Å². The van der Waals surface area contributed by atoms with Crippen LogP contribution in [0.2, 0.25) is 0 Å². The molecule has 0 atom stereocenters. The van der Waals surface area contributed by atoms with Crippen LogP contribution in [0.3, 0.4) is 0 Å². The average Bonchev–Trinajstić information content (AvgIpc) is 2.77. The quantitative estimate of drug-likeness (QED) is 0.713. The Balaban J connectivity index is 1.44. The zero-order valence-corrected chi connectivity index (χ0v) is 16.7. The molecular weight excluding hydrogens is 366 g/mol. The van der Waals surface area contributed by atoms with E-state index in [4.69, 9.17) is 15.2 Å². The van der Waals surface area contributed by atoms with Crippen LogP contribution in [0.4, 0.5) is 17.2 Å². The molecule has 0 bridgehead atoms. The lowest BCUT2D eigenvalue weighted by atomic mass is 10.2. The third-order valence-electron chi connectivity index (χ3n) is 5.08. The van der Waals surface area contributed by atoms with E-state index in [-0.39, 0.29) is 0 Å². The highest BCUT2D eigenvalue weighted by Crippen LogP contribution is 2.32. The number of aryl methyl sites for hydroxylation is 1. The van der Waals surface area contributed by atoms with Crippen molar-refractivity contribution in [3.63, 3.8) is 0 Å². The van der Waals surface area contributed by atoms with Crippen LogP contribution in [-0.2, 0) is 0 Å². The van der Waals surface area contributed by atoms with Gasteiger partial charge in [-0.05, 0) is 43.3 Å². The van der Waals surface area contributed by atoms with Crippen LogP contribution in [0.1, 0.15) is 5.56 Å². The molecular formula is C22H25N5O2. The molecule has 2 aromatic carbocycles. The van der Waals surface area contributed by atoms with Gasteiger partial charge in [-0.2, -0.15) is 4.98 Å². The first kappa shape index (κ1) is 18.9. The molecule has 0 saturated carbocycles. The highest BCUT2D eigenvalue weighted by Gasteiger charge is 2.22. The van der Waals surface area contributed by atoms with E-state index in [1.165, 1.54) is 17.6 Å². The van der Waals surface area contributed by atoms with Gasteiger partial charge in [-0.25, -0.2) is 4.98 Å². The number of piperazine rings is 1. The third kappa shape index (κ3) is 4.18. The van der Waals surface area contributed by atoms with Crippen molar-refractivity contribution >= 4 is 17.2 Å². The van der Waals surface area contributed by atoms with E-state index in [1.54, 1.807) is 7.11 Å². The Kier molecular flexibility index (Phi) is 5.37. The van der Waals surface area contributed by atoms with E-state index in [0.29, 0.717) is 17.3 Å². The number of ether oxygens (including phenoxy) is 2. The van der Waals surface area contributed by atoms with E-state index >= 15 is 0 Å². The summed E-state index contributed by atoms with van der Waals surface area (Å²) in [6.45, 7) is 5.43. The second kappa shape index (κ2) is 8.26. The average molecular weight is 391 g/mol. The Morgan fingerprint density at radius 3 is 2.10 bits per heavy atom. The smallest absolute Gasteiger partial charge is 0.248 e. The second-order valence-corrected chi connectivity index (χ2v) is 7.00. The number of anilines is 3. The fourth-order valence-electron chi connectivity index (χ4n) is 3.39. The Labute approximate surface area is 170 Å². The number of nitrogens with two attached hydrogens (primary N) is 1. The van der Waals surface area contributed by atoms with Gasteiger partial charge >= 0.3 is 0 Å². The van der Waals surface area contributed by atoms with Gasteiger partial charge in [0.1, 0.15) is 23.5 Å². The fourth-order valence-corrected chi connectivity index (χ4v) is 3.39. The Hall–Kier alpha value is -3.48. The number of nitrogen functional groups attached to an aromatic ring is 1. The molecule has 1 saturated heterocycles. The number of hydrogen-bond acceptors (Lipinski definition) is 7. The van der Waals surface area contributed by atoms with Crippen LogP contribution in [0, 0.1) is 6.92 Å². The maximum absolute atomic E-state index is 6.35. The summed E-state index contributed by atoms with van der Waals surface area (Å²) >= 11 is 0. The zero-order valence-electron chi connectivity index (χ0n) is 16.7. The minimum atomic E-state index is 0.386. The first-order chi connectivity index (χ1) is 14.1. The van der Waals surface area contributed by atoms with Crippen molar-refractivity contribution < 1.29 is 9.47 Å². The van der Waals surface area contributed by atoms with E-state index in [2.05, 4.69) is 31.9 Å². The maximum atomic E-state index is 6.35. The van der Waals surface area contributed by atoms with E-state index in [0.717, 1.165) is 37.7 Å². The van der Waals surface area contributed by atoms with Gasteiger partial charge in [-0.3, -0.25) is 0 Å². The summed E-state index contributed by atoms with van der Waals surface area (Å²) in [7, 11) is 1.68. The minimum absolute atomic E-state index is 0.386. The van der Waals surface area contributed by atoms with Crippen LogP contribution < -0.4 is 25.0 Å². The molecule has 2 heterocycles. The number of nitrogens with zero attached hydrogens (tertiary/aromatic N) is 4. The molecule has 29 heavy (non-hydrogen) atoms. The first-order valence-electron chi connectivity index (χ1n) is 9.63. The summed E-state index contributed by atoms with van der Waals surface area (Å²) in [6.07, 6.45) is 1.51. The normalized spacial score (nSPS) is 14.0. The van der Waals surface area contributed by atoms with Crippen LogP contribution in [0.25, 0.3) is 0 Å². The maximum Gasteiger partial charge on any atom is 0.248 e. The largest absolute Gasteiger partial charge is 0.497 e. The molecule has 0 unspecified atom stereocenters. The third-order valence-corrected chi connectivity index (χ3v) is 5.08. The Morgan fingerprint density at radius 2 is 1.45 bits per heavy atom. The predicted molar refractivity (Wildman–Crippen MR) is 115 cm³/mol. The summed E-state index contributed by atoms with van der Waals surface area (Å²) in [5.41, 5.74) is 9.17. The number of benzene rings is 2. The predicted octanol–water partition coefficient (Wildman–Crippen LogP) is 3.49. The molecule has 1 aliphatic heterocycles. The summed E-state index contributed by atoms with van der Waals surface area (Å²) in [4.78, 5) is 13.2. The van der Waals surface area contributed by atoms with E-state index in [9.17, 15) is 0 Å². The lowest BCUT2D eigenvalue weighted by Crippen LogP contribution is -2.47. The zero-order chi connectivity index (χ0) is 20.2. The molecule has 1 aromatic heterocycles. The summed E-state index contributed by atoms with van der Waals surface area (Å²) in [6, 6.07) is 15.9. The first-order valence-corrected chi connectivity index (χ1v) is 9.63. The standard InChI is InChI=1S/C22H25N5O2/c1-16-3-7-19(8-4-16)29-22-20(23)21(24-15-25-22)27-13-11-26(12-14-27)17-5-9-18(28-2)10-6-17/h3-10,15H,11-14,23H2,1-2H3. The number of hydrogen-bond donors (Lipinski definition) is 1. The van der Waals surface area contributed by atoms with Crippen LogP contribution in [-0.4, -0.2) is 43.3 Å². The number of methoxy groups -OCH3 is 1. The number of rotatable bonds is 5. The molecule has 4 rings (SSSR count). The molecule has 1 aliphatic rings. The van der Waals surface area contributed by atoms with Gasteiger partial charge in [0.15, 0.2) is 5.82 Å². The SMILES string of the molecule is COc1ccc(N2CCN(c3ncnc(Oc4ccc(C)cc4)c3N)CC2)cc1. The van der Waals surface area contributed by atoms with Gasteiger partial charge in [-0.15, -0.1) is 0 Å². The van der Waals surface area contributed by atoms with Gasteiger partial charge in [0, 0.05) is 31.9 Å². The molecule has 3 aromatic rings. The molecule has 0 amide bonds. The van der Waals surface area contributed by atoms with Crippen molar-refractivity contribution in [1.29, 1.82) is 0 Å². The molecule has 0 spiro atoms. The van der Waals surface area contributed by atoms with Gasteiger partial charge in [0.25, 0.3) is 0 Å². The summed E-state index contributed by atoms with van der Waals surface area (Å²) in [5.74, 6) is 2.67. The molecule has 2 N–H and O–H groups in total. The molecule has 150 valence electrons. The molecule has 7 heteroatoms. The van der Waals surface area contributed by atoms with Gasteiger partial charge in [-0.1, -0.05) is 17.7 Å². The van der Waals surface area contributed by atoms with Crippen LogP contribution in [0.15, 0.2) is 54.9 Å². The van der Waals surface area contributed by atoms with E-state index in [1.807, 2.05) is 43.3 Å². The summed E-state index contributed by atoms with van der Waals surface area (Å²) in [5, 5.41) is 0. The van der Waals surface area contributed by atoms with Crippen LogP contribution in [0.5, 0.6) is 17.4 Å². The second-order valence-electron chi connectivity index (χ2n) is 7.00. The van der Waals surface area contributed by atoms with E-state index < -0.39 is 0 Å². The van der Waals surface area contributed by atoms with Crippen molar-refractivity contribution in [2.24, 2.45) is 0 Å². The molecule has 1 fully saturated rings. The fraction of sp³-hybridized carbons (Fsp3) is 0.273. The summed E-state index contributed by atoms with van der Waals surface area (Å²) < 4.78 is 11.1. The highest BCUT2D eigenvalue weighted by molar-refractivity contribution is 5.69. The topological polar surface area (TPSA) is 76.7 Å². The Morgan fingerprint density at radius 1 is 0.828 bits per heavy atom.